The largest absolute Gasteiger partial charge is 0.417 e. The summed E-state index contributed by atoms with van der Waals surface area (Å²) in [5.41, 5.74) is 4.86. The second-order valence-electron chi connectivity index (χ2n) is 6.40. The second kappa shape index (κ2) is 6.96. The molecule has 0 aliphatic carbocycles. The Morgan fingerprint density at radius 2 is 1.74 bits per heavy atom. The molecule has 1 N–H and O–H groups in total. The molecule has 0 spiro atoms. The van der Waals surface area contributed by atoms with E-state index in [9.17, 15) is 4.79 Å². The molecule has 0 bridgehead atoms. The first-order valence-electron chi connectivity index (χ1n) is 8.68. The Bertz CT molecular complexity index is 1100. The van der Waals surface area contributed by atoms with Gasteiger partial charge in [-0.15, -0.1) is 0 Å². The summed E-state index contributed by atoms with van der Waals surface area (Å²) in [7, 11) is 1.94. The molecule has 0 saturated carbocycles. The molecule has 0 atom stereocenters. The summed E-state index contributed by atoms with van der Waals surface area (Å²) in [5.74, 6) is 0.502. The lowest BCUT2D eigenvalue weighted by atomic mass is 10.1. The summed E-state index contributed by atoms with van der Waals surface area (Å²) in [5, 5.41) is 8.50. The number of anilines is 1. The van der Waals surface area contributed by atoms with Crippen molar-refractivity contribution in [3.63, 3.8) is 0 Å². The molecule has 1 amide bonds. The Kier molecular flexibility index (Phi) is 4.34. The minimum atomic E-state index is -0.520. The molecule has 27 heavy (non-hydrogen) atoms. The molecular formula is C22H19N3O2. The highest BCUT2D eigenvalue weighted by molar-refractivity contribution is 5.94. The maximum atomic E-state index is 12.0. The molecule has 4 rings (SSSR count). The molecule has 4 aromatic rings. The van der Waals surface area contributed by atoms with Crippen LogP contribution in [0.2, 0.25) is 0 Å². The topological polar surface area (TPSA) is 56.1 Å². The van der Waals surface area contributed by atoms with Crippen LogP contribution >= 0.6 is 0 Å². The number of carbonyl (C=O) groups is 1. The molecule has 5 heteroatoms. The van der Waals surface area contributed by atoms with Crippen LogP contribution in [0.5, 0.6) is 5.75 Å². The standard InChI is InChI=1S/C22H19N3O2/c1-15-8-13-20-19(14-15)21(24-25(20)2)16-9-11-17(12-10-16)23-22(26)27-18-6-4-3-5-7-18/h3-14H,1-2H3,(H,23,26). The lowest BCUT2D eigenvalue weighted by Crippen LogP contribution is -2.16. The number of aromatic nitrogens is 2. The van der Waals surface area contributed by atoms with E-state index in [2.05, 4.69) is 35.5 Å². The molecule has 134 valence electrons. The maximum absolute atomic E-state index is 12.0. The number of benzene rings is 3. The van der Waals surface area contributed by atoms with E-state index >= 15 is 0 Å². The van der Waals surface area contributed by atoms with Crippen molar-refractivity contribution in [3.8, 4) is 17.0 Å². The highest BCUT2D eigenvalue weighted by Crippen LogP contribution is 2.29. The molecule has 0 aliphatic heterocycles. The lowest BCUT2D eigenvalue weighted by Gasteiger charge is -2.07. The maximum Gasteiger partial charge on any atom is 0.417 e. The third kappa shape index (κ3) is 3.53. The fraction of sp³-hybridized carbons (Fsp3) is 0.0909. The van der Waals surface area contributed by atoms with Crippen LogP contribution in [0.15, 0.2) is 72.8 Å². The number of hydrogen-bond acceptors (Lipinski definition) is 3. The van der Waals surface area contributed by atoms with E-state index in [0.717, 1.165) is 22.2 Å². The van der Waals surface area contributed by atoms with Gasteiger partial charge in [-0.05, 0) is 43.3 Å². The van der Waals surface area contributed by atoms with Gasteiger partial charge in [-0.25, -0.2) is 4.79 Å². The minimum absolute atomic E-state index is 0.502. The van der Waals surface area contributed by atoms with Gasteiger partial charge in [0.05, 0.1) is 5.52 Å². The predicted molar refractivity (Wildman–Crippen MR) is 107 cm³/mol. The molecule has 0 fully saturated rings. The average Bonchev–Trinajstić information content (AvgIpc) is 2.99. The zero-order chi connectivity index (χ0) is 18.8. The van der Waals surface area contributed by atoms with Gasteiger partial charge in [0.15, 0.2) is 0 Å². The van der Waals surface area contributed by atoms with Crippen LogP contribution in [0.1, 0.15) is 5.56 Å². The summed E-state index contributed by atoms with van der Waals surface area (Å²) in [4.78, 5) is 12.0. The minimum Gasteiger partial charge on any atom is -0.410 e. The zero-order valence-electron chi connectivity index (χ0n) is 15.1. The van der Waals surface area contributed by atoms with Gasteiger partial charge in [0.1, 0.15) is 11.4 Å². The van der Waals surface area contributed by atoms with E-state index in [1.807, 2.05) is 54.2 Å². The van der Waals surface area contributed by atoms with Gasteiger partial charge in [0.25, 0.3) is 0 Å². The summed E-state index contributed by atoms with van der Waals surface area (Å²) in [6, 6.07) is 22.9. The van der Waals surface area contributed by atoms with Gasteiger partial charge in [-0.2, -0.15) is 5.10 Å². The van der Waals surface area contributed by atoms with Gasteiger partial charge < -0.3 is 4.74 Å². The van der Waals surface area contributed by atoms with Crippen molar-refractivity contribution in [2.45, 2.75) is 6.92 Å². The lowest BCUT2D eigenvalue weighted by molar-refractivity contribution is 0.215. The number of rotatable bonds is 3. The SMILES string of the molecule is Cc1ccc2c(c1)c(-c1ccc(NC(=O)Oc3ccccc3)cc1)nn2C. The van der Waals surface area contributed by atoms with Gasteiger partial charge in [-0.1, -0.05) is 42.0 Å². The number of aryl methyl sites for hydroxylation is 2. The first kappa shape index (κ1) is 16.8. The fourth-order valence-electron chi connectivity index (χ4n) is 3.04. The second-order valence-corrected chi connectivity index (χ2v) is 6.40. The normalized spacial score (nSPS) is 10.7. The average molecular weight is 357 g/mol. The van der Waals surface area contributed by atoms with Crippen molar-refractivity contribution in [1.29, 1.82) is 0 Å². The van der Waals surface area contributed by atoms with Crippen molar-refractivity contribution in [3.05, 3.63) is 78.4 Å². The monoisotopic (exact) mass is 357 g/mol. The van der Waals surface area contributed by atoms with Crippen molar-refractivity contribution in [2.75, 3.05) is 5.32 Å². The highest BCUT2D eigenvalue weighted by Gasteiger charge is 2.11. The van der Waals surface area contributed by atoms with Gasteiger partial charge in [0.2, 0.25) is 0 Å². The summed E-state index contributed by atoms with van der Waals surface area (Å²) in [6.07, 6.45) is -0.520. The van der Waals surface area contributed by atoms with Crippen LogP contribution in [0.3, 0.4) is 0 Å². The molecule has 0 radical (unpaired) electrons. The Morgan fingerprint density at radius 3 is 2.48 bits per heavy atom. The van der Waals surface area contributed by atoms with Crippen LogP contribution in [0, 0.1) is 6.92 Å². The van der Waals surface area contributed by atoms with E-state index < -0.39 is 6.09 Å². The first-order chi connectivity index (χ1) is 13.1. The van der Waals surface area contributed by atoms with Gasteiger partial charge in [-0.3, -0.25) is 10.00 Å². The Morgan fingerprint density at radius 1 is 1.00 bits per heavy atom. The molecule has 1 heterocycles. The first-order valence-corrected chi connectivity index (χ1v) is 8.68. The summed E-state index contributed by atoms with van der Waals surface area (Å²) in [6.45, 7) is 2.07. The van der Waals surface area contributed by atoms with Crippen LogP contribution < -0.4 is 10.1 Å². The Labute approximate surface area is 157 Å². The fourth-order valence-corrected chi connectivity index (χ4v) is 3.04. The molecule has 0 saturated heterocycles. The Hall–Kier alpha value is -3.60. The van der Waals surface area contributed by atoms with Crippen molar-refractivity contribution < 1.29 is 9.53 Å². The van der Waals surface area contributed by atoms with E-state index in [4.69, 9.17) is 4.74 Å². The van der Waals surface area contributed by atoms with Gasteiger partial charge >= 0.3 is 6.09 Å². The molecule has 1 aromatic heterocycles. The summed E-state index contributed by atoms with van der Waals surface area (Å²) < 4.78 is 7.12. The van der Waals surface area contributed by atoms with Crippen LogP contribution in [0.25, 0.3) is 22.2 Å². The number of amides is 1. The molecule has 0 unspecified atom stereocenters. The smallest absolute Gasteiger partial charge is 0.410 e. The zero-order valence-corrected chi connectivity index (χ0v) is 15.1. The van der Waals surface area contributed by atoms with E-state index in [-0.39, 0.29) is 0 Å². The van der Waals surface area contributed by atoms with Crippen molar-refractivity contribution in [1.82, 2.24) is 9.78 Å². The molecule has 3 aromatic carbocycles. The molecule has 5 nitrogen and oxygen atoms in total. The van der Waals surface area contributed by atoms with Crippen LogP contribution in [-0.4, -0.2) is 15.9 Å². The third-order valence-electron chi connectivity index (χ3n) is 4.36. The Balaban J connectivity index is 1.54. The van der Waals surface area contributed by atoms with E-state index in [0.29, 0.717) is 11.4 Å². The van der Waals surface area contributed by atoms with Crippen LogP contribution in [-0.2, 0) is 7.05 Å². The van der Waals surface area contributed by atoms with Crippen molar-refractivity contribution >= 4 is 22.7 Å². The van der Waals surface area contributed by atoms with E-state index in [1.54, 1.807) is 12.1 Å². The number of nitrogens with one attached hydrogen (secondary N) is 1. The number of hydrogen-bond donors (Lipinski definition) is 1. The molecule has 0 aliphatic rings. The number of carbonyl (C=O) groups excluding carboxylic acids is 1. The van der Waals surface area contributed by atoms with Crippen LogP contribution in [0.4, 0.5) is 10.5 Å². The third-order valence-corrected chi connectivity index (χ3v) is 4.36. The number of para-hydroxylation sites is 1. The number of nitrogens with zero attached hydrogens (tertiary/aromatic N) is 2. The van der Waals surface area contributed by atoms with E-state index in [1.165, 1.54) is 5.56 Å². The predicted octanol–water partition coefficient (Wildman–Crippen LogP) is 5.16. The number of fused-ring (bicyclic) bond motifs is 1. The van der Waals surface area contributed by atoms with Gasteiger partial charge in [0, 0.05) is 23.7 Å². The highest BCUT2D eigenvalue weighted by atomic mass is 16.6. The number of ether oxygens (including phenoxy) is 1. The molecular weight excluding hydrogens is 338 g/mol. The quantitative estimate of drug-likeness (QED) is 0.551. The summed E-state index contributed by atoms with van der Waals surface area (Å²) >= 11 is 0. The van der Waals surface area contributed by atoms with Crippen molar-refractivity contribution in [2.24, 2.45) is 7.05 Å².